The second-order valence-corrected chi connectivity index (χ2v) is 6.96. The van der Waals surface area contributed by atoms with Crippen LogP contribution in [0.4, 0.5) is 0 Å². The van der Waals surface area contributed by atoms with Crippen molar-refractivity contribution in [2.45, 2.75) is 98.8 Å². The van der Waals surface area contributed by atoms with E-state index in [0.29, 0.717) is 0 Å². The normalized spacial score (nSPS) is 15.0. The zero-order valence-electron chi connectivity index (χ0n) is 13.8. The molecule has 0 aliphatic carbocycles. The Morgan fingerprint density at radius 2 is 1.00 bits per heavy atom. The minimum absolute atomic E-state index is 0.885. The molecule has 0 rings (SSSR count). The molecular weight excluding hydrogens is 216 g/mol. The predicted molar refractivity (Wildman–Crippen MR) is 85.0 cm³/mol. The first-order chi connectivity index (χ1) is 8.56. The first-order valence-electron chi connectivity index (χ1n) is 8.56. The van der Waals surface area contributed by atoms with E-state index >= 15 is 0 Å². The SMILES string of the molecule is CCCCCC(C)CCCC(C)CCCC(C)C. The summed E-state index contributed by atoms with van der Waals surface area (Å²) in [4.78, 5) is 0. The topological polar surface area (TPSA) is 0 Å². The summed E-state index contributed by atoms with van der Waals surface area (Å²) in [6.45, 7) is 11.9. The Kier molecular flexibility index (Phi) is 12.1. The summed E-state index contributed by atoms with van der Waals surface area (Å²) in [5.41, 5.74) is 0. The number of hydrogen-bond donors (Lipinski definition) is 0. The summed E-state index contributed by atoms with van der Waals surface area (Å²) in [7, 11) is 0. The molecule has 0 saturated heterocycles. The quantitative estimate of drug-likeness (QED) is 0.335. The van der Waals surface area contributed by atoms with Crippen LogP contribution < -0.4 is 0 Å². The Labute approximate surface area is 117 Å². The highest BCUT2D eigenvalue weighted by Crippen LogP contribution is 2.21. The Morgan fingerprint density at radius 1 is 0.556 bits per heavy atom. The minimum atomic E-state index is 0.885. The zero-order chi connectivity index (χ0) is 13.8. The molecule has 0 aliphatic heterocycles. The lowest BCUT2D eigenvalue weighted by Crippen LogP contribution is -2.00. The second-order valence-electron chi connectivity index (χ2n) is 6.96. The zero-order valence-corrected chi connectivity index (χ0v) is 13.8. The summed E-state index contributed by atoms with van der Waals surface area (Å²) < 4.78 is 0. The fraction of sp³-hybridized carbons (Fsp3) is 1.00. The highest BCUT2D eigenvalue weighted by atomic mass is 14.1. The molecule has 110 valence electrons. The van der Waals surface area contributed by atoms with Gasteiger partial charge in [0.2, 0.25) is 0 Å². The van der Waals surface area contributed by atoms with E-state index in [1.165, 1.54) is 64.2 Å². The van der Waals surface area contributed by atoms with Crippen LogP contribution in [-0.2, 0) is 0 Å². The summed E-state index contributed by atoms with van der Waals surface area (Å²) >= 11 is 0. The van der Waals surface area contributed by atoms with E-state index in [0.717, 1.165) is 17.8 Å². The van der Waals surface area contributed by atoms with Gasteiger partial charge in [0.25, 0.3) is 0 Å². The van der Waals surface area contributed by atoms with Crippen molar-refractivity contribution in [1.82, 2.24) is 0 Å². The molecule has 0 aromatic carbocycles. The lowest BCUT2D eigenvalue weighted by atomic mass is 9.92. The predicted octanol–water partition coefficient (Wildman–Crippen LogP) is 6.84. The van der Waals surface area contributed by atoms with Crippen molar-refractivity contribution in [1.29, 1.82) is 0 Å². The molecular formula is C18H38. The van der Waals surface area contributed by atoms with Crippen molar-refractivity contribution in [2.24, 2.45) is 17.8 Å². The van der Waals surface area contributed by atoms with E-state index in [1.807, 2.05) is 0 Å². The lowest BCUT2D eigenvalue weighted by molar-refractivity contribution is 0.387. The van der Waals surface area contributed by atoms with Crippen LogP contribution in [0.15, 0.2) is 0 Å². The van der Waals surface area contributed by atoms with Gasteiger partial charge in [-0.05, 0) is 17.8 Å². The molecule has 0 heterocycles. The third-order valence-corrected chi connectivity index (χ3v) is 4.17. The molecule has 0 heteroatoms. The molecule has 0 nitrogen and oxygen atoms in total. The fourth-order valence-corrected chi connectivity index (χ4v) is 2.72. The van der Waals surface area contributed by atoms with Gasteiger partial charge in [-0.15, -0.1) is 0 Å². The van der Waals surface area contributed by atoms with Crippen molar-refractivity contribution in [2.75, 3.05) is 0 Å². The van der Waals surface area contributed by atoms with Crippen LogP contribution in [-0.4, -0.2) is 0 Å². The van der Waals surface area contributed by atoms with Gasteiger partial charge in [0.05, 0.1) is 0 Å². The molecule has 0 aromatic heterocycles. The van der Waals surface area contributed by atoms with Gasteiger partial charge < -0.3 is 0 Å². The van der Waals surface area contributed by atoms with Crippen LogP contribution in [0.25, 0.3) is 0 Å². The van der Waals surface area contributed by atoms with Gasteiger partial charge >= 0.3 is 0 Å². The van der Waals surface area contributed by atoms with Gasteiger partial charge in [-0.2, -0.15) is 0 Å². The standard InChI is InChI=1S/C18H38/c1-6-7-8-12-17(4)14-10-15-18(5)13-9-11-16(2)3/h16-18H,6-15H2,1-5H3. The Bertz CT molecular complexity index is 159. The van der Waals surface area contributed by atoms with E-state index in [4.69, 9.17) is 0 Å². The van der Waals surface area contributed by atoms with Gasteiger partial charge in [0, 0.05) is 0 Å². The molecule has 0 bridgehead atoms. The maximum Gasteiger partial charge on any atom is -0.0443 e. The first-order valence-corrected chi connectivity index (χ1v) is 8.56. The molecule has 0 radical (unpaired) electrons. The third kappa shape index (κ3) is 12.5. The third-order valence-electron chi connectivity index (χ3n) is 4.17. The highest BCUT2D eigenvalue weighted by Gasteiger charge is 2.06. The summed E-state index contributed by atoms with van der Waals surface area (Å²) in [6.07, 6.45) is 14.3. The van der Waals surface area contributed by atoms with Gasteiger partial charge in [-0.25, -0.2) is 0 Å². The van der Waals surface area contributed by atoms with E-state index < -0.39 is 0 Å². The Balaban J connectivity index is 3.35. The summed E-state index contributed by atoms with van der Waals surface area (Å²) in [5, 5.41) is 0. The smallest absolute Gasteiger partial charge is 0.0443 e. The highest BCUT2D eigenvalue weighted by molar-refractivity contribution is 4.59. The van der Waals surface area contributed by atoms with Crippen LogP contribution in [0, 0.1) is 17.8 Å². The van der Waals surface area contributed by atoms with Crippen molar-refractivity contribution in [3.8, 4) is 0 Å². The largest absolute Gasteiger partial charge is 0.0654 e. The molecule has 2 unspecified atom stereocenters. The number of hydrogen-bond acceptors (Lipinski definition) is 0. The van der Waals surface area contributed by atoms with Gasteiger partial charge in [0.1, 0.15) is 0 Å². The number of unbranched alkanes of at least 4 members (excludes halogenated alkanes) is 2. The van der Waals surface area contributed by atoms with Gasteiger partial charge in [0.15, 0.2) is 0 Å². The van der Waals surface area contributed by atoms with Crippen LogP contribution in [0.1, 0.15) is 98.8 Å². The van der Waals surface area contributed by atoms with Crippen LogP contribution in [0.2, 0.25) is 0 Å². The summed E-state index contributed by atoms with van der Waals surface area (Å²) in [6, 6.07) is 0. The summed E-state index contributed by atoms with van der Waals surface area (Å²) in [5.74, 6) is 2.79. The van der Waals surface area contributed by atoms with E-state index in [9.17, 15) is 0 Å². The number of rotatable bonds is 12. The van der Waals surface area contributed by atoms with Crippen molar-refractivity contribution >= 4 is 0 Å². The first kappa shape index (κ1) is 18.0. The maximum absolute atomic E-state index is 2.45. The average molecular weight is 255 g/mol. The molecule has 0 amide bonds. The molecule has 0 aromatic rings. The van der Waals surface area contributed by atoms with E-state index in [-0.39, 0.29) is 0 Å². The van der Waals surface area contributed by atoms with Crippen LogP contribution >= 0.6 is 0 Å². The van der Waals surface area contributed by atoms with E-state index in [1.54, 1.807) is 0 Å². The van der Waals surface area contributed by atoms with E-state index in [2.05, 4.69) is 34.6 Å². The molecule has 0 saturated carbocycles. The molecule has 0 fully saturated rings. The van der Waals surface area contributed by atoms with Gasteiger partial charge in [-0.1, -0.05) is 98.8 Å². The Morgan fingerprint density at radius 3 is 1.44 bits per heavy atom. The fourth-order valence-electron chi connectivity index (χ4n) is 2.72. The van der Waals surface area contributed by atoms with Crippen LogP contribution in [0.5, 0.6) is 0 Å². The van der Waals surface area contributed by atoms with Crippen molar-refractivity contribution in [3.05, 3.63) is 0 Å². The minimum Gasteiger partial charge on any atom is -0.0654 e. The Hall–Kier alpha value is 0. The second kappa shape index (κ2) is 12.1. The van der Waals surface area contributed by atoms with Gasteiger partial charge in [-0.3, -0.25) is 0 Å². The van der Waals surface area contributed by atoms with Crippen LogP contribution in [0.3, 0.4) is 0 Å². The molecule has 0 aliphatic rings. The molecule has 18 heavy (non-hydrogen) atoms. The molecule has 0 N–H and O–H groups in total. The molecule has 0 spiro atoms. The van der Waals surface area contributed by atoms with Crippen molar-refractivity contribution in [3.63, 3.8) is 0 Å². The van der Waals surface area contributed by atoms with Crippen molar-refractivity contribution < 1.29 is 0 Å². The monoisotopic (exact) mass is 254 g/mol. The molecule has 2 atom stereocenters. The maximum atomic E-state index is 2.45. The lowest BCUT2D eigenvalue weighted by Gasteiger charge is -2.14. The average Bonchev–Trinajstić information content (AvgIpc) is 2.29.